The topological polar surface area (TPSA) is 35.5 Å². The highest BCUT2D eigenvalue weighted by Crippen LogP contribution is 2.28. The first-order valence-corrected chi connectivity index (χ1v) is 8.39. The number of carbonyl (C=O) groups is 1. The van der Waals surface area contributed by atoms with Gasteiger partial charge in [-0.25, -0.2) is 4.79 Å². The van der Waals surface area contributed by atoms with Crippen molar-refractivity contribution in [2.45, 2.75) is 45.3 Å². The highest BCUT2D eigenvalue weighted by atomic mass is 16.6. The summed E-state index contributed by atoms with van der Waals surface area (Å²) in [5.41, 5.74) is 4.17. The van der Waals surface area contributed by atoms with Gasteiger partial charge in [0.05, 0.1) is 18.8 Å². The number of benzene rings is 2. The number of hydrogen-bond acceptors (Lipinski definition) is 3. The highest BCUT2D eigenvalue weighted by molar-refractivity contribution is 5.92. The standard InChI is InChI=1S/C21H24O3/c1-21(2,3)17-9-10-19-16(11-17)12-18(24-20(19)22)14-23-13-15-7-5-4-6-8-15/h4-11,18H,12-14H2,1-3H3. The predicted octanol–water partition coefficient (Wildman–Crippen LogP) is 4.28. The van der Waals surface area contributed by atoms with Gasteiger partial charge in [-0.1, -0.05) is 63.2 Å². The molecule has 0 amide bonds. The van der Waals surface area contributed by atoms with Crippen molar-refractivity contribution in [3.63, 3.8) is 0 Å². The molecule has 126 valence electrons. The molecule has 24 heavy (non-hydrogen) atoms. The summed E-state index contributed by atoms with van der Waals surface area (Å²) < 4.78 is 11.3. The van der Waals surface area contributed by atoms with Crippen LogP contribution >= 0.6 is 0 Å². The monoisotopic (exact) mass is 324 g/mol. The van der Waals surface area contributed by atoms with Crippen molar-refractivity contribution < 1.29 is 14.3 Å². The lowest BCUT2D eigenvalue weighted by atomic mass is 9.84. The summed E-state index contributed by atoms with van der Waals surface area (Å²) in [6.07, 6.45) is 0.490. The van der Waals surface area contributed by atoms with E-state index in [-0.39, 0.29) is 17.5 Å². The summed E-state index contributed by atoms with van der Waals surface area (Å²) in [4.78, 5) is 12.2. The van der Waals surface area contributed by atoms with E-state index in [0.717, 1.165) is 11.1 Å². The Balaban J connectivity index is 1.66. The van der Waals surface area contributed by atoms with Crippen molar-refractivity contribution in [3.8, 4) is 0 Å². The molecule has 3 nitrogen and oxygen atoms in total. The van der Waals surface area contributed by atoms with E-state index in [2.05, 4.69) is 26.8 Å². The highest BCUT2D eigenvalue weighted by Gasteiger charge is 2.28. The lowest BCUT2D eigenvalue weighted by molar-refractivity contribution is -0.0123. The van der Waals surface area contributed by atoms with Crippen molar-refractivity contribution >= 4 is 5.97 Å². The van der Waals surface area contributed by atoms with Gasteiger partial charge >= 0.3 is 5.97 Å². The van der Waals surface area contributed by atoms with Gasteiger partial charge in [0.15, 0.2) is 0 Å². The molecule has 0 spiro atoms. The van der Waals surface area contributed by atoms with Crippen LogP contribution in [0.15, 0.2) is 48.5 Å². The minimum atomic E-state index is -0.245. The average molecular weight is 324 g/mol. The van der Waals surface area contributed by atoms with Crippen LogP contribution in [-0.4, -0.2) is 18.7 Å². The molecule has 1 atom stereocenters. The summed E-state index contributed by atoms with van der Waals surface area (Å²) in [5.74, 6) is -0.245. The van der Waals surface area contributed by atoms with Crippen molar-refractivity contribution in [3.05, 3.63) is 70.8 Å². The summed E-state index contributed by atoms with van der Waals surface area (Å²) in [6.45, 7) is 7.48. The Morgan fingerprint density at radius 2 is 1.88 bits per heavy atom. The first-order valence-electron chi connectivity index (χ1n) is 8.39. The average Bonchev–Trinajstić information content (AvgIpc) is 2.54. The molecule has 3 heteroatoms. The molecule has 1 aliphatic rings. The van der Waals surface area contributed by atoms with Crippen molar-refractivity contribution in [2.75, 3.05) is 6.61 Å². The Hall–Kier alpha value is -2.13. The Morgan fingerprint density at radius 3 is 2.58 bits per heavy atom. The SMILES string of the molecule is CC(C)(C)c1ccc2c(c1)CC(COCc1ccccc1)OC2=O. The maximum Gasteiger partial charge on any atom is 0.338 e. The predicted molar refractivity (Wildman–Crippen MR) is 94.1 cm³/mol. The molecule has 0 saturated carbocycles. The first-order chi connectivity index (χ1) is 11.4. The van der Waals surface area contributed by atoms with Crippen LogP contribution in [0.1, 0.15) is 47.8 Å². The van der Waals surface area contributed by atoms with E-state index >= 15 is 0 Å². The number of fused-ring (bicyclic) bond motifs is 1. The third-order valence-electron chi connectivity index (χ3n) is 4.33. The zero-order valence-corrected chi connectivity index (χ0v) is 14.5. The first kappa shape index (κ1) is 16.7. The number of ether oxygens (including phenoxy) is 2. The molecule has 3 rings (SSSR count). The van der Waals surface area contributed by atoms with E-state index in [0.29, 0.717) is 25.2 Å². The Morgan fingerprint density at radius 1 is 1.12 bits per heavy atom. The molecule has 0 fully saturated rings. The van der Waals surface area contributed by atoms with Crippen molar-refractivity contribution in [1.29, 1.82) is 0 Å². The third-order valence-corrected chi connectivity index (χ3v) is 4.33. The van der Waals surface area contributed by atoms with Crippen LogP contribution in [0.5, 0.6) is 0 Å². The summed E-state index contributed by atoms with van der Waals surface area (Å²) in [7, 11) is 0. The van der Waals surface area contributed by atoms with Gasteiger partial charge in [0.2, 0.25) is 0 Å². The van der Waals surface area contributed by atoms with Gasteiger partial charge < -0.3 is 9.47 Å². The van der Waals surface area contributed by atoms with Crippen LogP contribution < -0.4 is 0 Å². The largest absolute Gasteiger partial charge is 0.456 e. The van der Waals surface area contributed by atoms with Crippen LogP contribution in [0.3, 0.4) is 0 Å². The lowest BCUT2D eigenvalue weighted by Gasteiger charge is -2.27. The minimum absolute atomic E-state index is 0.0652. The van der Waals surface area contributed by atoms with Gasteiger partial charge in [-0.05, 0) is 28.2 Å². The van der Waals surface area contributed by atoms with Gasteiger partial charge in [0, 0.05) is 6.42 Å². The molecule has 0 aromatic heterocycles. The second-order valence-electron chi connectivity index (χ2n) is 7.35. The van der Waals surface area contributed by atoms with Crippen LogP contribution in [0, 0.1) is 0 Å². The fraction of sp³-hybridized carbons (Fsp3) is 0.381. The Kier molecular flexibility index (Phi) is 4.72. The fourth-order valence-corrected chi connectivity index (χ4v) is 2.91. The second kappa shape index (κ2) is 6.78. The van der Waals surface area contributed by atoms with Gasteiger partial charge in [-0.2, -0.15) is 0 Å². The van der Waals surface area contributed by atoms with E-state index in [4.69, 9.17) is 9.47 Å². The minimum Gasteiger partial charge on any atom is -0.456 e. The normalized spacial score (nSPS) is 17.3. The van der Waals surface area contributed by atoms with Crippen molar-refractivity contribution in [2.24, 2.45) is 0 Å². The zero-order chi connectivity index (χ0) is 17.2. The van der Waals surface area contributed by atoms with E-state index in [1.807, 2.05) is 42.5 Å². The molecule has 1 unspecified atom stereocenters. The summed E-state index contributed by atoms with van der Waals surface area (Å²) in [5, 5.41) is 0. The van der Waals surface area contributed by atoms with E-state index < -0.39 is 0 Å². The molecule has 1 aliphatic heterocycles. The molecule has 0 saturated heterocycles. The summed E-state index contributed by atoms with van der Waals surface area (Å²) in [6, 6.07) is 16.1. The fourth-order valence-electron chi connectivity index (χ4n) is 2.91. The molecule has 2 aromatic rings. The molecular formula is C21H24O3. The molecule has 2 aromatic carbocycles. The molecule has 0 aliphatic carbocycles. The lowest BCUT2D eigenvalue weighted by Crippen LogP contribution is -2.31. The molecule has 0 N–H and O–H groups in total. The van der Waals surface area contributed by atoms with Crippen LogP contribution in [0.25, 0.3) is 0 Å². The number of esters is 1. The number of hydrogen-bond donors (Lipinski definition) is 0. The number of rotatable bonds is 4. The molecule has 0 bridgehead atoms. The smallest absolute Gasteiger partial charge is 0.338 e. The third kappa shape index (κ3) is 3.85. The van der Waals surface area contributed by atoms with E-state index in [1.54, 1.807) is 0 Å². The second-order valence-corrected chi connectivity index (χ2v) is 7.35. The zero-order valence-electron chi connectivity index (χ0n) is 14.5. The van der Waals surface area contributed by atoms with Crippen molar-refractivity contribution in [1.82, 2.24) is 0 Å². The van der Waals surface area contributed by atoms with Crippen LogP contribution in [0.2, 0.25) is 0 Å². The van der Waals surface area contributed by atoms with Gasteiger partial charge in [0.1, 0.15) is 6.10 Å². The van der Waals surface area contributed by atoms with E-state index in [1.165, 1.54) is 5.56 Å². The number of cyclic esters (lactones) is 1. The van der Waals surface area contributed by atoms with Gasteiger partial charge in [-0.3, -0.25) is 0 Å². The number of carbonyl (C=O) groups excluding carboxylic acids is 1. The summed E-state index contributed by atoms with van der Waals surface area (Å²) >= 11 is 0. The van der Waals surface area contributed by atoms with E-state index in [9.17, 15) is 4.79 Å². The Labute approximate surface area is 143 Å². The van der Waals surface area contributed by atoms with Crippen LogP contribution in [0.4, 0.5) is 0 Å². The van der Waals surface area contributed by atoms with Crippen LogP contribution in [-0.2, 0) is 27.9 Å². The maximum atomic E-state index is 12.2. The molecule has 1 heterocycles. The quantitative estimate of drug-likeness (QED) is 0.787. The Bertz CT molecular complexity index is 714. The molecular weight excluding hydrogens is 300 g/mol. The van der Waals surface area contributed by atoms with Gasteiger partial charge in [-0.15, -0.1) is 0 Å². The molecule has 0 radical (unpaired) electrons. The maximum absolute atomic E-state index is 12.2. The van der Waals surface area contributed by atoms with Gasteiger partial charge in [0.25, 0.3) is 0 Å².